The van der Waals surface area contributed by atoms with Crippen LogP contribution in [0.2, 0.25) is 0 Å². The van der Waals surface area contributed by atoms with E-state index in [0.717, 1.165) is 41.6 Å². The van der Waals surface area contributed by atoms with Crippen molar-refractivity contribution in [1.82, 2.24) is 9.88 Å². The Balaban J connectivity index is 1.83. The van der Waals surface area contributed by atoms with E-state index in [0.29, 0.717) is 18.2 Å². The first-order valence-corrected chi connectivity index (χ1v) is 7.91. The number of likely N-dealkylation sites (N-methyl/N-ethyl adjacent to an activating group) is 1. The molecule has 2 heterocycles. The van der Waals surface area contributed by atoms with Gasteiger partial charge in [0.25, 0.3) is 0 Å². The van der Waals surface area contributed by atoms with Crippen LogP contribution in [0.25, 0.3) is 0 Å². The number of nitrogens with zero attached hydrogens (tertiary/aromatic N) is 3. The predicted octanol–water partition coefficient (Wildman–Crippen LogP) is 2.19. The summed E-state index contributed by atoms with van der Waals surface area (Å²) in [5.41, 5.74) is 1.05. The van der Waals surface area contributed by atoms with E-state index < -0.39 is 0 Å². The number of rotatable bonds is 3. The lowest BCUT2D eigenvalue weighted by Gasteiger charge is -2.26. The molecule has 104 valence electrons. The lowest BCUT2D eigenvalue weighted by atomic mass is 10.0. The molecule has 5 heteroatoms. The Bertz CT molecular complexity index is 483. The number of carbonyl (C=O) groups is 1. The second-order valence-corrected chi connectivity index (χ2v) is 6.78. The molecule has 2 aliphatic rings. The molecule has 0 amide bonds. The first kappa shape index (κ1) is 13.1. The van der Waals surface area contributed by atoms with Gasteiger partial charge in [-0.25, -0.2) is 4.98 Å². The SMILES string of the molecule is CN(C)CC1CCCN1c1nc2c(s1)C(=O)CCC2. The summed E-state index contributed by atoms with van der Waals surface area (Å²) in [5, 5.41) is 1.07. The van der Waals surface area contributed by atoms with Gasteiger partial charge in [-0.2, -0.15) is 0 Å². The predicted molar refractivity (Wildman–Crippen MR) is 78.3 cm³/mol. The van der Waals surface area contributed by atoms with Gasteiger partial charge in [0.2, 0.25) is 0 Å². The Morgan fingerprint density at radius 2 is 2.21 bits per heavy atom. The molecule has 1 unspecified atom stereocenters. The molecule has 1 aliphatic heterocycles. The average Bonchev–Trinajstić information content (AvgIpc) is 2.94. The number of fused-ring (bicyclic) bond motifs is 1. The van der Waals surface area contributed by atoms with Crippen LogP contribution in [-0.4, -0.2) is 48.9 Å². The Morgan fingerprint density at radius 3 is 2.95 bits per heavy atom. The Hall–Kier alpha value is -0.940. The molecule has 3 rings (SSSR count). The zero-order valence-electron chi connectivity index (χ0n) is 11.7. The van der Waals surface area contributed by atoms with Crippen molar-refractivity contribution in [3.63, 3.8) is 0 Å². The summed E-state index contributed by atoms with van der Waals surface area (Å²) in [4.78, 5) is 22.2. The largest absolute Gasteiger partial charge is 0.344 e. The summed E-state index contributed by atoms with van der Waals surface area (Å²) >= 11 is 1.62. The summed E-state index contributed by atoms with van der Waals surface area (Å²) < 4.78 is 0. The Morgan fingerprint density at radius 1 is 1.37 bits per heavy atom. The van der Waals surface area contributed by atoms with Crippen molar-refractivity contribution in [2.24, 2.45) is 0 Å². The molecule has 0 radical (unpaired) electrons. The van der Waals surface area contributed by atoms with Gasteiger partial charge in [-0.1, -0.05) is 11.3 Å². The summed E-state index contributed by atoms with van der Waals surface area (Å²) in [6, 6.07) is 0.553. The fourth-order valence-electron chi connectivity index (χ4n) is 3.08. The lowest BCUT2D eigenvalue weighted by molar-refractivity contribution is 0.0976. The van der Waals surface area contributed by atoms with E-state index in [1.54, 1.807) is 11.3 Å². The summed E-state index contributed by atoms with van der Waals surface area (Å²) in [5.74, 6) is 0.299. The van der Waals surface area contributed by atoms with E-state index in [-0.39, 0.29) is 0 Å². The van der Waals surface area contributed by atoms with Gasteiger partial charge in [-0.15, -0.1) is 0 Å². The summed E-state index contributed by atoms with van der Waals surface area (Å²) in [7, 11) is 4.24. The van der Waals surface area contributed by atoms with Gasteiger partial charge in [0.05, 0.1) is 10.6 Å². The highest BCUT2D eigenvalue weighted by Crippen LogP contribution is 2.35. The maximum Gasteiger partial charge on any atom is 0.186 e. The topological polar surface area (TPSA) is 36.4 Å². The van der Waals surface area contributed by atoms with Crippen LogP contribution in [-0.2, 0) is 6.42 Å². The van der Waals surface area contributed by atoms with Gasteiger partial charge in [0, 0.05) is 25.6 Å². The molecule has 1 aromatic rings. The first-order chi connectivity index (χ1) is 9.15. The number of Topliss-reactive ketones (excluding diaryl/α,β-unsaturated/α-hetero) is 1. The van der Waals surface area contributed by atoms with Crippen LogP contribution in [0.3, 0.4) is 0 Å². The van der Waals surface area contributed by atoms with Gasteiger partial charge in [0.1, 0.15) is 0 Å². The minimum absolute atomic E-state index is 0.299. The normalized spacial score (nSPS) is 23.2. The van der Waals surface area contributed by atoms with E-state index in [4.69, 9.17) is 4.98 Å². The minimum Gasteiger partial charge on any atom is -0.344 e. The highest BCUT2D eigenvalue weighted by molar-refractivity contribution is 7.17. The first-order valence-electron chi connectivity index (χ1n) is 7.09. The van der Waals surface area contributed by atoms with Crippen molar-refractivity contribution < 1.29 is 4.79 Å². The molecule has 1 fully saturated rings. The Labute approximate surface area is 118 Å². The number of thiazole rings is 1. The van der Waals surface area contributed by atoms with Crippen LogP contribution in [0.4, 0.5) is 5.13 Å². The second kappa shape index (κ2) is 5.21. The van der Waals surface area contributed by atoms with Crippen LogP contribution in [0, 0.1) is 0 Å². The van der Waals surface area contributed by atoms with Crippen molar-refractivity contribution in [2.45, 2.75) is 38.1 Å². The van der Waals surface area contributed by atoms with Crippen molar-refractivity contribution in [3.8, 4) is 0 Å². The third-order valence-corrected chi connectivity index (χ3v) is 5.13. The molecule has 0 spiro atoms. The smallest absolute Gasteiger partial charge is 0.186 e. The number of carbonyl (C=O) groups excluding carboxylic acids is 1. The van der Waals surface area contributed by atoms with E-state index in [2.05, 4.69) is 23.9 Å². The monoisotopic (exact) mass is 279 g/mol. The number of ketones is 1. The van der Waals surface area contributed by atoms with Gasteiger partial charge in [-0.05, 0) is 39.8 Å². The molecule has 1 atom stereocenters. The molecule has 1 saturated heterocycles. The van der Waals surface area contributed by atoms with E-state index in [1.807, 2.05) is 0 Å². The van der Waals surface area contributed by atoms with E-state index >= 15 is 0 Å². The van der Waals surface area contributed by atoms with Gasteiger partial charge >= 0.3 is 0 Å². The Kier molecular flexibility index (Phi) is 3.58. The second-order valence-electron chi connectivity index (χ2n) is 5.80. The maximum absolute atomic E-state index is 11.9. The zero-order chi connectivity index (χ0) is 13.4. The molecular formula is C14H21N3OS. The molecule has 4 nitrogen and oxygen atoms in total. The van der Waals surface area contributed by atoms with Gasteiger partial charge in [0.15, 0.2) is 10.9 Å². The zero-order valence-corrected chi connectivity index (χ0v) is 12.5. The number of anilines is 1. The third kappa shape index (κ3) is 2.54. The van der Waals surface area contributed by atoms with Crippen molar-refractivity contribution in [1.29, 1.82) is 0 Å². The molecule has 1 aliphatic carbocycles. The van der Waals surface area contributed by atoms with Crippen LogP contribution < -0.4 is 4.90 Å². The van der Waals surface area contributed by atoms with Crippen molar-refractivity contribution >= 4 is 22.3 Å². The van der Waals surface area contributed by atoms with Crippen LogP contribution in [0.5, 0.6) is 0 Å². The third-order valence-electron chi connectivity index (χ3n) is 3.96. The fourth-order valence-corrected chi connectivity index (χ4v) is 4.26. The van der Waals surface area contributed by atoms with E-state index in [1.165, 1.54) is 12.8 Å². The minimum atomic E-state index is 0.299. The van der Waals surface area contributed by atoms with Crippen LogP contribution in [0.1, 0.15) is 41.0 Å². The quantitative estimate of drug-likeness (QED) is 0.850. The highest BCUT2D eigenvalue weighted by atomic mass is 32.1. The van der Waals surface area contributed by atoms with Gasteiger partial charge in [-0.3, -0.25) is 4.79 Å². The molecule has 0 N–H and O–H groups in total. The number of hydrogen-bond acceptors (Lipinski definition) is 5. The lowest BCUT2D eigenvalue weighted by Crippen LogP contribution is -2.37. The molecule has 19 heavy (non-hydrogen) atoms. The molecule has 0 aromatic carbocycles. The number of aryl methyl sites for hydroxylation is 1. The van der Waals surface area contributed by atoms with Crippen LogP contribution >= 0.6 is 11.3 Å². The number of aromatic nitrogens is 1. The fraction of sp³-hybridized carbons (Fsp3) is 0.714. The van der Waals surface area contributed by atoms with Crippen molar-refractivity contribution in [2.75, 3.05) is 32.1 Å². The molecule has 0 bridgehead atoms. The standard InChI is InChI=1S/C14H21N3OS/c1-16(2)9-10-5-4-8-17(10)14-15-11-6-3-7-12(18)13(11)19-14/h10H,3-9H2,1-2H3. The van der Waals surface area contributed by atoms with E-state index in [9.17, 15) is 4.79 Å². The average molecular weight is 279 g/mol. The van der Waals surface area contributed by atoms with Gasteiger partial charge < -0.3 is 9.80 Å². The highest BCUT2D eigenvalue weighted by Gasteiger charge is 2.30. The summed E-state index contributed by atoms with van der Waals surface area (Å²) in [6.07, 6.45) is 5.11. The molecule has 1 aromatic heterocycles. The summed E-state index contributed by atoms with van der Waals surface area (Å²) in [6.45, 7) is 2.15. The molecule has 0 saturated carbocycles. The van der Waals surface area contributed by atoms with Crippen LogP contribution in [0.15, 0.2) is 0 Å². The maximum atomic E-state index is 11.9. The van der Waals surface area contributed by atoms with Crippen molar-refractivity contribution in [3.05, 3.63) is 10.6 Å². The number of hydrogen-bond donors (Lipinski definition) is 0. The molecular weight excluding hydrogens is 258 g/mol.